The maximum Gasteiger partial charge on any atom is 0.319 e. The van der Waals surface area contributed by atoms with Crippen molar-refractivity contribution in [2.75, 3.05) is 37.7 Å². The van der Waals surface area contributed by atoms with Gasteiger partial charge in [-0.15, -0.1) is 0 Å². The zero-order valence-electron chi connectivity index (χ0n) is 25.4. The lowest BCUT2D eigenvalue weighted by molar-refractivity contribution is 0.107. The SMILES string of the molecule is CCc1c(F)ccc2cc(O)cc(-c3ccc4c(N5CC6CCC(C5)N6)nc(OC[C@@]56CCCN5C[C@H](F)C6)nc4c3C)c12. The number of aromatic hydroxyl groups is 1. The molecule has 4 aliphatic rings. The molecule has 4 atom stereocenters. The molecule has 2 bridgehead atoms. The molecule has 1 aromatic heterocycles. The van der Waals surface area contributed by atoms with Crippen LogP contribution in [0.2, 0.25) is 0 Å². The largest absolute Gasteiger partial charge is 0.508 e. The van der Waals surface area contributed by atoms with E-state index in [0.29, 0.717) is 49.7 Å². The Morgan fingerprint density at radius 2 is 1.89 bits per heavy atom. The van der Waals surface area contributed by atoms with Gasteiger partial charge in [0.1, 0.15) is 30.2 Å². The first-order chi connectivity index (χ1) is 21.3. The van der Waals surface area contributed by atoms with Crippen molar-refractivity contribution in [1.29, 1.82) is 0 Å². The van der Waals surface area contributed by atoms with Crippen LogP contribution in [0.4, 0.5) is 14.6 Å². The van der Waals surface area contributed by atoms with Gasteiger partial charge in [-0.05, 0) is 103 Å². The van der Waals surface area contributed by atoms with E-state index in [1.165, 1.54) is 6.07 Å². The van der Waals surface area contributed by atoms with E-state index in [9.17, 15) is 9.50 Å². The Kier molecular flexibility index (Phi) is 6.68. The summed E-state index contributed by atoms with van der Waals surface area (Å²) >= 11 is 0. The van der Waals surface area contributed by atoms with Crippen molar-refractivity contribution in [3.05, 3.63) is 53.3 Å². The van der Waals surface area contributed by atoms with E-state index in [-0.39, 0.29) is 17.1 Å². The lowest BCUT2D eigenvalue weighted by Gasteiger charge is -2.35. The first-order valence-electron chi connectivity index (χ1n) is 16.1. The molecular formula is C35H39F2N5O2. The van der Waals surface area contributed by atoms with E-state index in [1.807, 2.05) is 13.8 Å². The number of aromatic nitrogens is 2. The molecule has 4 saturated heterocycles. The van der Waals surface area contributed by atoms with Crippen LogP contribution in [0.1, 0.15) is 50.2 Å². The molecule has 5 heterocycles. The van der Waals surface area contributed by atoms with E-state index >= 15 is 4.39 Å². The van der Waals surface area contributed by atoms with Crippen LogP contribution in [0.5, 0.6) is 11.8 Å². The normalized spacial score (nSPS) is 26.6. The van der Waals surface area contributed by atoms with E-state index in [2.05, 4.69) is 27.2 Å². The summed E-state index contributed by atoms with van der Waals surface area (Å²) in [6.45, 7) is 7.44. The summed E-state index contributed by atoms with van der Waals surface area (Å²) in [5.41, 5.74) is 3.67. The second-order valence-electron chi connectivity index (χ2n) is 13.3. The summed E-state index contributed by atoms with van der Waals surface area (Å²) in [6.07, 6.45) is 4.45. The van der Waals surface area contributed by atoms with Gasteiger partial charge in [-0.2, -0.15) is 9.97 Å². The zero-order valence-corrected chi connectivity index (χ0v) is 25.4. The third kappa shape index (κ3) is 4.50. The molecule has 7 nitrogen and oxygen atoms in total. The molecule has 8 rings (SSSR count). The Morgan fingerprint density at radius 1 is 1.07 bits per heavy atom. The van der Waals surface area contributed by atoms with Gasteiger partial charge in [0.25, 0.3) is 0 Å². The molecule has 3 aromatic carbocycles. The van der Waals surface area contributed by atoms with Crippen molar-refractivity contribution < 1.29 is 18.6 Å². The number of aryl methyl sites for hydroxylation is 2. The molecule has 0 amide bonds. The number of nitrogens with zero attached hydrogens (tertiary/aromatic N) is 4. The van der Waals surface area contributed by atoms with Crippen molar-refractivity contribution in [2.45, 2.75) is 76.2 Å². The monoisotopic (exact) mass is 599 g/mol. The van der Waals surface area contributed by atoms with Crippen molar-refractivity contribution >= 4 is 27.5 Å². The van der Waals surface area contributed by atoms with Crippen LogP contribution in [0.15, 0.2) is 36.4 Å². The van der Waals surface area contributed by atoms with Crippen molar-refractivity contribution in [1.82, 2.24) is 20.2 Å². The zero-order chi connectivity index (χ0) is 30.2. The second-order valence-corrected chi connectivity index (χ2v) is 13.3. The van der Waals surface area contributed by atoms with Crippen LogP contribution in [-0.2, 0) is 6.42 Å². The van der Waals surface area contributed by atoms with Gasteiger partial charge in [0.2, 0.25) is 0 Å². The van der Waals surface area contributed by atoms with E-state index in [1.54, 1.807) is 18.2 Å². The topological polar surface area (TPSA) is 73.8 Å². The highest BCUT2D eigenvalue weighted by atomic mass is 19.1. The Bertz CT molecular complexity index is 1770. The molecule has 2 N–H and O–H groups in total. The molecular weight excluding hydrogens is 560 g/mol. The quantitative estimate of drug-likeness (QED) is 0.279. The third-order valence-electron chi connectivity index (χ3n) is 10.6. The van der Waals surface area contributed by atoms with Gasteiger partial charge >= 0.3 is 6.01 Å². The first-order valence-corrected chi connectivity index (χ1v) is 16.1. The van der Waals surface area contributed by atoms with Crippen LogP contribution < -0.4 is 15.0 Å². The van der Waals surface area contributed by atoms with Crippen molar-refractivity contribution in [3.63, 3.8) is 0 Å². The molecule has 4 fully saturated rings. The molecule has 4 aliphatic heterocycles. The van der Waals surface area contributed by atoms with E-state index < -0.39 is 6.17 Å². The lowest BCUT2D eigenvalue weighted by Crippen LogP contribution is -2.51. The molecule has 0 saturated carbocycles. The number of rotatable bonds is 6. The highest BCUT2D eigenvalue weighted by Gasteiger charge is 2.49. The van der Waals surface area contributed by atoms with Crippen LogP contribution >= 0.6 is 0 Å². The van der Waals surface area contributed by atoms with Gasteiger partial charge in [0, 0.05) is 43.5 Å². The number of anilines is 1. The summed E-state index contributed by atoms with van der Waals surface area (Å²) in [5.74, 6) is 0.740. The smallest absolute Gasteiger partial charge is 0.319 e. The third-order valence-corrected chi connectivity index (χ3v) is 10.6. The number of ether oxygens (including phenoxy) is 1. The first kappa shape index (κ1) is 28.0. The second kappa shape index (κ2) is 10.5. The molecule has 4 aromatic rings. The lowest BCUT2D eigenvalue weighted by atomic mass is 9.90. The molecule has 2 unspecified atom stereocenters. The Morgan fingerprint density at radius 3 is 2.68 bits per heavy atom. The van der Waals surface area contributed by atoms with Gasteiger partial charge in [-0.3, -0.25) is 4.90 Å². The number of piperazine rings is 1. The van der Waals surface area contributed by atoms with Gasteiger partial charge in [0.15, 0.2) is 0 Å². The average Bonchev–Trinajstić information content (AvgIpc) is 3.66. The van der Waals surface area contributed by atoms with Gasteiger partial charge in [0.05, 0.1) is 11.1 Å². The fourth-order valence-corrected chi connectivity index (χ4v) is 8.57. The van der Waals surface area contributed by atoms with Crippen LogP contribution in [-0.4, -0.2) is 76.6 Å². The minimum atomic E-state index is -0.830. The number of nitrogens with one attached hydrogen (secondary N) is 1. The van der Waals surface area contributed by atoms with Crippen LogP contribution in [0.3, 0.4) is 0 Å². The molecule has 0 spiro atoms. The summed E-state index contributed by atoms with van der Waals surface area (Å²) in [7, 11) is 0. The Balaban J connectivity index is 1.27. The van der Waals surface area contributed by atoms with Crippen LogP contribution in [0.25, 0.3) is 32.8 Å². The Hall–Kier alpha value is -3.56. The molecule has 0 aliphatic carbocycles. The van der Waals surface area contributed by atoms with E-state index in [4.69, 9.17) is 14.7 Å². The minimum absolute atomic E-state index is 0.132. The van der Waals surface area contributed by atoms with Gasteiger partial charge in [-0.25, -0.2) is 8.78 Å². The van der Waals surface area contributed by atoms with Crippen molar-refractivity contribution in [3.8, 4) is 22.9 Å². The maximum absolute atomic E-state index is 15.0. The minimum Gasteiger partial charge on any atom is -0.508 e. The summed E-state index contributed by atoms with van der Waals surface area (Å²) < 4.78 is 36.0. The van der Waals surface area contributed by atoms with Gasteiger partial charge < -0.3 is 20.1 Å². The number of alkyl halides is 1. The summed E-state index contributed by atoms with van der Waals surface area (Å²) in [5, 5.41) is 17.0. The number of phenolic OH excluding ortho intramolecular Hbond substituents is 1. The summed E-state index contributed by atoms with van der Waals surface area (Å²) in [4.78, 5) is 14.6. The van der Waals surface area contributed by atoms with Crippen molar-refractivity contribution in [2.24, 2.45) is 0 Å². The standard InChI is InChI=1S/C35H39F2N5O2/c1-3-26-30(37)10-5-21-13-25(43)14-29(31(21)26)27-8-9-28-32(20(27)2)39-34(40-33(28)41-17-23-6-7-24(18-41)38-23)44-19-35-11-4-12-42(35)16-22(36)15-35/h5,8-10,13-14,22-24,38,43H,3-4,6-7,11-12,15-19H2,1-2H3/t22-,23?,24?,35+/m1/s1. The highest BCUT2D eigenvalue weighted by Crippen LogP contribution is 2.43. The average molecular weight is 600 g/mol. The number of benzene rings is 3. The Labute approximate surface area is 256 Å². The molecule has 0 radical (unpaired) electrons. The summed E-state index contributed by atoms with van der Waals surface area (Å²) in [6, 6.07) is 11.9. The molecule has 44 heavy (non-hydrogen) atoms. The molecule has 230 valence electrons. The predicted octanol–water partition coefficient (Wildman–Crippen LogP) is 6.06. The highest BCUT2D eigenvalue weighted by molar-refractivity contribution is 6.04. The number of hydrogen-bond acceptors (Lipinski definition) is 7. The fourth-order valence-electron chi connectivity index (χ4n) is 8.57. The molecule has 9 heteroatoms. The van der Waals surface area contributed by atoms with Gasteiger partial charge in [-0.1, -0.05) is 19.1 Å². The van der Waals surface area contributed by atoms with Crippen LogP contribution in [0, 0.1) is 12.7 Å². The maximum atomic E-state index is 15.0. The fraction of sp³-hybridized carbons (Fsp3) is 0.486. The number of hydrogen-bond donors (Lipinski definition) is 2. The van der Waals surface area contributed by atoms with E-state index in [0.717, 1.165) is 89.5 Å². The number of fused-ring (bicyclic) bond motifs is 5. The number of halogens is 2. The number of phenols is 1. The predicted molar refractivity (Wildman–Crippen MR) is 169 cm³/mol.